The summed E-state index contributed by atoms with van der Waals surface area (Å²) in [5, 5.41) is 5.22. The largest absolute Gasteiger partial charge is 0.494 e. The summed E-state index contributed by atoms with van der Waals surface area (Å²) in [7, 11) is 1.65. The molecule has 4 aromatic heterocycles. The van der Waals surface area contributed by atoms with Crippen LogP contribution in [0.5, 0.6) is 5.75 Å². The lowest BCUT2D eigenvalue weighted by Gasteiger charge is -2.10. The van der Waals surface area contributed by atoms with E-state index >= 15 is 0 Å². The minimum Gasteiger partial charge on any atom is -0.494 e. The standard InChI is InChI=1S/C24H20N6OS/c1-15-10-18(7-9-25-15)22-21(31-2)11-16(13-27-22)14-28-24-29-23(32-30-24)19-5-6-20-17(12-19)4-3-8-26-20/h3-13H,14H2,1-2H3,(H,28,30). The van der Waals surface area contributed by atoms with E-state index in [4.69, 9.17) is 4.74 Å². The van der Waals surface area contributed by atoms with Crippen molar-refractivity contribution in [2.24, 2.45) is 0 Å². The van der Waals surface area contributed by atoms with Crippen LogP contribution in [0, 0.1) is 6.92 Å². The predicted molar refractivity (Wildman–Crippen MR) is 127 cm³/mol. The maximum absolute atomic E-state index is 5.58. The first kappa shape index (κ1) is 20.0. The van der Waals surface area contributed by atoms with E-state index in [1.54, 1.807) is 19.5 Å². The van der Waals surface area contributed by atoms with E-state index in [2.05, 4.69) is 35.7 Å². The molecule has 4 heterocycles. The second-order valence-corrected chi connectivity index (χ2v) is 8.02. The van der Waals surface area contributed by atoms with Gasteiger partial charge in [0.15, 0.2) is 0 Å². The van der Waals surface area contributed by atoms with Gasteiger partial charge in [-0.15, -0.1) is 0 Å². The molecule has 0 saturated heterocycles. The number of methoxy groups -OCH3 is 1. The topological polar surface area (TPSA) is 85.7 Å². The monoisotopic (exact) mass is 440 g/mol. The maximum Gasteiger partial charge on any atom is 0.235 e. The highest BCUT2D eigenvalue weighted by Crippen LogP contribution is 2.29. The number of rotatable bonds is 6. The van der Waals surface area contributed by atoms with Crippen molar-refractivity contribution in [3.63, 3.8) is 0 Å². The van der Waals surface area contributed by atoms with E-state index in [0.717, 1.165) is 44.0 Å². The van der Waals surface area contributed by atoms with Gasteiger partial charge in [0.2, 0.25) is 5.95 Å². The van der Waals surface area contributed by atoms with Gasteiger partial charge in [0.25, 0.3) is 0 Å². The molecule has 0 aliphatic carbocycles. The van der Waals surface area contributed by atoms with Crippen LogP contribution in [0.15, 0.2) is 67.1 Å². The van der Waals surface area contributed by atoms with E-state index in [1.807, 2.05) is 55.6 Å². The SMILES string of the molecule is COc1cc(CNc2nsc(-c3ccc4ncccc4c3)n2)cnc1-c1ccnc(C)c1. The quantitative estimate of drug-likeness (QED) is 0.391. The van der Waals surface area contributed by atoms with Gasteiger partial charge >= 0.3 is 0 Å². The van der Waals surface area contributed by atoms with Crippen LogP contribution in [0.4, 0.5) is 5.95 Å². The third kappa shape index (κ3) is 4.13. The molecule has 5 rings (SSSR count). The lowest BCUT2D eigenvalue weighted by Crippen LogP contribution is -2.03. The van der Waals surface area contributed by atoms with E-state index < -0.39 is 0 Å². The molecule has 0 atom stereocenters. The molecular weight excluding hydrogens is 420 g/mol. The summed E-state index contributed by atoms with van der Waals surface area (Å²) >= 11 is 1.36. The van der Waals surface area contributed by atoms with Gasteiger partial charge in [-0.25, -0.2) is 0 Å². The van der Waals surface area contributed by atoms with Crippen LogP contribution < -0.4 is 10.1 Å². The highest BCUT2D eigenvalue weighted by molar-refractivity contribution is 7.09. The number of nitrogens with one attached hydrogen (secondary N) is 1. The Bertz CT molecular complexity index is 1400. The second-order valence-electron chi connectivity index (χ2n) is 7.27. The number of fused-ring (bicyclic) bond motifs is 1. The van der Waals surface area contributed by atoms with Gasteiger partial charge in [-0.2, -0.15) is 9.36 Å². The predicted octanol–water partition coefficient (Wildman–Crippen LogP) is 5.14. The van der Waals surface area contributed by atoms with Crippen molar-refractivity contribution in [2.75, 3.05) is 12.4 Å². The van der Waals surface area contributed by atoms with Crippen LogP contribution in [-0.4, -0.2) is 31.4 Å². The Labute approximate surface area is 189 Å². The van der Waals surface area contributed by atoms with Crippen molar-refractivity contribution >= 4 is 28.4 Å². The first-order valence-electron chi connectivity index (χ1n) is 10.1. The van der Waals surface area contributed by atoms with Crippen LogP contribution >= 0.6 is 11.5 Å². The van der Waals surface area contributed by atoms with Crippen LogP contribution in [-0.2, 0) is 6.54 Å². The Balaban J connectivity index is 1.32. The summed E-state index contributed by atoms with van der Waals surface area (Å²) in [5.74, 6) is 1.30. The van der Waals surface area contributed by atoms with Gasteiger partial charge < -0.3 is 10.1 Å². The van der Waals surface area contributed by atoms with Gasteiger partial charge in [0, 0.05) is 47.3 Å². The first-order chi connectivity index (χ1) is 15.7. The normalized spacial score (nSPS) is 10.9. The average molecular weight is 441 g/mol. The summed E-state index contributed by atoms with van der Waals surface area (Å²) in [6, 6.07) is 16.0. The van der Waals surface area contributed by atoms with Crippen LogP contribution in [0.2, 0.25) is 0 Å². The third-order valence-electron chi connectivity index (χ3n) is 5.03. The van der Waals surface area contributed by atoms with Gasteiger partial charge in [0.05, 0.1) is 12.6 Å². The molecule has 0 fully saturated rings. The van der Waals surface area contributed by atoms with E-state index in [0.29, 0.717) is 18.2 Å². The summed E-state index contributed by atoms with van der Waals surface area (Å²) < 4.78 is 10.0. The van der Waals surface area contributed by atoms with Crippen LogP contribution in [0.25, 0.3) is 32.7 Å². The van der Waals surface area contributed by atoms with Crippen molar-refractivity contribution in [2.45, 2.75) is 13.5 Å². The smallest absolute Gasteiger partial charge is 0.235 e. The highest BCUT2D eigenvalue weighted by Gasteiger charge is 2.11. The summed E-state index contributed by atoms with van der Waals surface area (Å²) in [6.07, 6.45) is 5.41. The molecule has 158 valence electrons. The van der Waals surface area contributed by atoms with Crippen LogP contribution in [0.1, 0.15) is 11.3 Å². The number of ether oxygens (including phenoxy) is 1. The minimum absolute atomic E-state index is 0.539. The third-order valence-corrected chi connectivity index (χ3v) is 5.79. The fraction of sp³-hybridized carbons (Fsp3) is 0.125. The van der Waals surface area contributed by atoms with E-state index in [1.165, 1.54) is 11.5 Å². The van der Waals surface area contributed by atoms with Gasteiger partial charge in [-0.05, 0) is 66.5 Å². The molecule has 0 aliphatic heterocycles. The zero-order chi connectivity index (χ0) is 21.9. The second kappa shape index (κ2) is 8.68. The molecule has 7 nitrogen and oxygen atoms in total. The number of pyridine rings is 3. The van der Waals surface area contributed by atoms with Crippen LogP contribution in [0.3, 0.4) is 0 Å². The Kier molecular flexibility index (Phi) is 5.43. The Morgan fingerprint density at radius 2 is 1.91 bits per heavy atom. The van der Waals surface area contributed by atoms with Gasteiger partial charge in [-0.3, -0.25) is 15.0 Å². The molecule has 0 saturated carbocycles. The van der Waals surface area contributed by atoms with Crippen molar-refractivity contribution < 1.29 is 4.74 Å². The molecular formula is C24H20N6OS. The average Bonchev–Trinajstić information content (AvgIpc) is 3.31. The van der Waals surface area contributed by atoms with Crippen molar-refractivity contribution in [1.82, 2.24) is 24.3 Å². The molecule has 0 spiro atoms. The number of nitrogens with zero attached hydrogens (tertiary/aromatic N) is 5. The van der Waals surface area contributed by atoms with Crippen molar-refractivity contribution in [3.05, 3.63) is 78.4 Å². The highest BCUT2D eigenvalue weighted by atomic mass is 32.1. The van der Waals surface area contributed by atoms with Gasteiger partial charge in [0.1, 0.15) is 16.5 Å². The molecule has 0 unspecified atom stereocenters. The molecule has 0 amide bonds. The van der Waals surface area contributed by atoms with E-state index in [-0.39, 0.29) is 0 Å². The zero-order valence-corrected chi connectivity index (χ0v) is 18.4. The number of hydrogen-bond acceptors (Lipinski definition) is 8. The number of hydrogen-bond donors (Lipinski definition) is 1. The summed E-state index contributed by atoms with van der Waals surface area (Å²) in [5.41, 5.74) is 5.67. The lowest BCUT2D eigenvalue weighted by molar-refractivity contribution is 0.414. The Morgan fingerprint density at radius 3 is 2.78 bits per heavy atom. The van der Waals surface area contributed by atoms with E-state index in [9.17, 15) is 0 Å². The van der Waals surface area contributed by atoms with Crippen molar-refractivity contribution in [1.29, 1.82) is 0 Å². The minimum atomic E-state index is 0.539. The molecule has 0 bridgehead atoms. The number of benzene rings is 1. The van der Waals surface area contributed by atoms with Crippen molar-refractivity contribution in [3.8, 4) is 27.6 Å². The lowest BCUT2D eigenvalue weighted by atomic mass is 10.1. The number of aromatic nitrogens is 5. The number of anilines is 1. The Hall–Kier alpha value is -3.91. The fourth-order valence-electron chi connectivity index (χ4n) is 3.45. The molecule has 0 radical (unpaired) electrons. The molecule has 5 aromatic rings. The first-order valence-corrected chi connectivity index (χ1v) is 10.9. The Morgan fingerprint density at radius 1 is 0.969 bits per heavy atom. The molecule has 1 aromatic carbocycles. The zero-order valence-electron chi connectivity index (χ0n) is 17.6. The number of aryl methyl sites for hydroxylation is 1. The fourth-order valence-corrected chi connectivity index (χ4v) is 4.09. The molecule has 32 heavy (non-hydrogen) atoms. The summed E-state index contributed by atoms with van der Waals surface area (Å²) in [4.78, 5) is 17.9. The van der Waals surface area contributed by atoms with Gasteiger partial charge in [-0.1, -0.05) is 6.07 Å². The summed E-state index contributed by atoms with van der Waals surface area (Å²) in [6.45, 7) is 2.50. The molecule has 0 aliphatic rings. The molecule has 1 N–H and O–H groups in total. The molecule has 8 heteroatoms. The maximum atomic E-state index is 5.58.